The number of β-amino-alcohol motifs (C(OH)–C–C–N with tert-alkyl or cyclic N) is 1. The summed E-state index contributed by atoms with van der Waals surface area (Å²) in [6.45, 7) is 1.22. The molecule has 0 bridgehead atoms. The lowest BCUT2D eigenvalue weighted by Crippen LogP contribution is -2.55. The number of benzene rings is 1. The van der Waals surface area contributed by atoms with Crippen LogP contribution in [0.5, 0.6) is 0 Å². The Morgan fingerprint density at radius 2 is 2.32 bits per heavy atom. The van der Waals surface area contributed by atoms with Crippen LogP contribution < -0.4 is 5.73 Å². The molecule has 4 nitrogen and oxygen atoms in total. The second-order valence-electron chi connectivity index (χ2n) is 4.95. The van der Waals surface area contributed by atoms with Gasteiger partial charge in [-0.05, 0) is 31.5 Å². The van der Waals surface area contributed by atoms with Crippen LogP contribution in [0.4, 0.5) is 4.39 Å². The Labute approximate surface area is 119 Å². The lowest BCUT2D eigenvalue weighted by Gasteiger charge is -2.37. The lowest BCUT2D eigenvalue weighted by atomic mass is 9.92. The first kappa shape index (κ1) is 14.4. The molecule has 1 aromatic rings. The number of likely N-dealkylation sites (tertiary alicyclic amines) is 1. The Morgan fingerprint density at radius 3 is 2.95 bits per heavy atom. The van der Waals surface area contributed by atoms with Gasteiger partial charge in [0.1, 0.15) is 5.82 Å². The van der Waals surface area contributed by atoms with E-state index in [1.54, 1.807) is 12.1 Å². The second-order valence-corrected chi connectivity index (χ2v) is 5.86. The lowest BCUT2D eigenvalue weighted by molar-refractivity contribution is -0.142. The highest BCUT2D eigenvalue weighted by Gasteiger charge is 2.38. The molecule has 1 fully saturated rings. The van der Waals surface area contributed by atoms with Crippen molar-refractivity contribution in [2.45, 2.75) is 25.0 Å². The molecule has 1 aromatic carbocycles. The molecule has 0 aliphatic carbocycles. The number of primary amides is 1. The van der Waals surface area contributed by atoms with Crippen molar-refractivity contribution < 1.29 is 14.3 Å². The molecule has 19 heavy (non-hydrogen) atoms. The normalized spacial score (nSPS) is 24.4. The van der Waals surface area contributed by atoms with E-state index < -0.39 is 11.5 Å². The first-order valence-corrected chi connectivity index (χ1v) is 6.88. The van der Waals surface area contributed by atoms with Crippen molar-refractivity contribution in [3.63, 3.8) is 0 Å². The van der Waals surface area contributed by atoms with Gasteiger partial charge < -0.3 is 10.8 Å². The van der Waals surface area contributed by atoms with Crippen LogP contribution in [0.3, 0.4) is 0 Å². The highest BCUT2D eigenvalue weighted by Crippen LogP contribution is 2.23. The number of amides is 1. The number of nitrogens with two attached hydrogens (primary N) is 1. The number of hydrogen-bond acceptors (Lipinski definition) is 3. The van der Waals surface area contributed by atoms with Gasteiger partial charge in [-0.1, -0.05) is 22.0 Å². The Kier molecular flexibility index (Phi) is 4.23. The average Bonchev–Trinajstić information content (AvgIpc) is 2.33. The molecule has 1 atom stereocenters. The van der Waals surface area contributed by atoms with E-state index >= 15 is 0 Å². The van der Waals surface area contributed by atoms with E-state index in [2.05, 4.69) is 15.9 Å². The van der Waals surface area contributed by atoms with Crippen LogP contribution in [0.2, 0.25) is 0 Å². The largest absolute Gasteiger partial charge is 0.379 e. The summed E-state index contributed by atoms with van der Waals surface area (Å²) >= 11 is 3.20. The summed E-state index contributed by atoms with van der Waals surface area (Å²) in [4.78, 5) is 13.1. The number of halogens is 2. The zero-order valence-electron chi connectivity index (χ0n) is 10.4. The average molecular weight is 331 g/mol. The minimum absolute atomic E-state index is 0.151. The van der Waals surface area contributed by atoms with Crippen LogP contribution >= 0.6 is 15.9 Å². The van der Waals surface area contributed by atoms with Gasteiger partial charge in [0.15, 0.2) is 5.60 Å². The fraction of sp³-hybridized carbons (Fsp3) is 0.462. The van der Waals surface area contributed by atoms with Gasteiger partial charge in [0.2, 0.25) is 0 Å². The first-order chi connectivity index (χ1) is 8.90. The topological polar surface area (TPSA) is 66.6 Å². The van der Waals surface area contributed by atoms with E-state index in [-0.39, 0.29) is 12.4 Å². The zero-order valence-corrected chi connectivity index (χ0v) is 12.0. The number of nitrogens with zero attached hydrogens (tertiary/aromatic N) is 1. The molecule has 0 aromatic heterocycles. The molecule has 2 rings (SSSR count). The van der Waals surface area contributed by atoms with E-state index in [1.165, 1.54) is 6.07 Å². The van der Waals surface area contributed by atoms with Gasteiger partial charge in [-0.2, -0.15) is 0 Å². The Hall–Kier alpha value is -0.980. The molecule has 0 radical (unpaired) electrons. The summed E-state index contributed by atoms with van der Waals surface area (Å²) < 4.78 is 14.4. The van der Waals surface area contributed by atoms with Gasteiger partial charge in [0.25, 0.3) is 5.91 Å². The van der Waals surface area contributed by atoms with Crippen LogP contribution in [0.25, 0.3) is 0 Å². The Balaban J connectivity index is 2.09. The van der Waals surface area contributed by atoms with Crippen LogP contribution in [-0.2, 0) is 11.3 Å². The fourth-order valence-electron chi connectivity index (χ4n) is 2.35. The predicted molar refractivity (Wildman–Crippen MR) is 72.8 cm³/mol. The Morgan fingerprint density at radius 1 is 1.58 bits per heavy atom. The summed E-state index contributed by atoms with van der Waals surface area (Å²) in [6, 6.07) is 4.86. The number of hydrogen-bond donors (Lipinski definition) is 2. The maximum Gasteiger partial charge on any atom is 0.250 e. The second kappa shape index (κ2) is 5.56. The zero-order chi connectivity index (χ0) is 14.0. The van der Waals surface area contributed by atoms with Crippen molar-refractivity contribution in [3.8, 4) is 0 Å². The highest BCUT2D eigenvalue weighted by atomic mass is 79.9. The standard InChI is InChI=1S/C13H16BrFN2O2/c14-10-3-2-9(11(15)6-10)7-17-5-1-4-13(19,8-17)12(16)18/h2-3,6,19H,1,4-5,7-8H2,(H2,16,18). The molecule has 104 valence electrons. The van der Waals surface area contributed by atoms with Crippen LogP contribution in [0, 0.1) is 5.82 Å². The summed E-state index contributed by atoms with van der Waals surface area (Å²) in [5.41, 5.74) is 4.25. The summed E-state index contributed by atoms with van der Waals surface area (Å²) in [5, 5.41) is 10.1. The van der Waals surface area contributed by atoms with E-state index in [4.69, 9.17) is 5.73 Å². The molecule has 1 aliphatic heterocycles. The van der Waals surface area contributed by atoms with Gasteiger partial charge in [0, 0.05) is 23.1 Å². The number of carbonyl (C=O) groups is 1. The third kappa shape index (κ3) is 3.32. The van der Waals surface area contributed by atoms with Gasteiger partial charge in [-0.25, -0.2) is 4.39 Å². The number of aliphatic hydroxyl groups is 1. The monoisotopic (exact) mass is 330 g/mol. The Bertz CT molecular complexity index is 498. The molecule has 0 spiro atoms. The SMILES string of the molecule is NC(=O)C1(O)CCCN(Cc2ccc(Br)cc2F)C1. The third-order valence-corrected chi connectivity index (χ3v) is 3.91. The van der Waals surface area contributed by atoms with E-state index in [9.17, 15) is 14.3 Å². The van der Waals surface area contributed by atoms with Crippen molar-refractivity contribution in [2.75, 3.05) is 13.1 Å². The summed E-state index contributed by atoms with van der Waals surface area (Å²) in [7, 11) is 0. The molecule has 1 aliphatic rings. The van der Waals surface area contributed by atoms with Gasteiger partial charge in [0.05, 0.1) is 0 Å². The van der Waals surface area contributed by atoms with Crippen molar-refractivity contribution in [1.82, 2.24) is 4.90 Å². The minimum Gasteiger partial charge on any atom is -0.379 e. The molecule has 1 unspecified atom stereocenters. The van der Waals surface area contributed by atoms with Gasteiger partial charge in [-0.3, -0.25) is 9.69 Å². The molecule has 0 saturated carbocycles. The van der Waals surface area contributed by atoms with Crippen molar-refractivity contribution in [1.29, 1.82) is 0 Å². The molecular weight excluding hydrogens is 315 g/mol. The van der Waals surface area contributed by atoms with E-state index in [0.717, 1.165) is 0 Å². The van der Waals surface area contributed by atoms with E-state index in [1.807, 2.05) is 4.90 Å². The summed E-state index contributed by atoms with van der Waals surface area (Å²) in [6.07, 6.45) is 1.03. The van der Waals surface area contributed by atoms with Gasteiger partial charge >= 0.3 is 0 Å². The van der Waals surface area contributed by atoms with Gasteiger partial charge in [-0.15, -0.1) is 0 Å². The van der Waals surface area contributed by atoms with E-state index in [0.29, 0.717) is 36.0 Å². The maximum atomic E-state index is 13.7. The van der Waals surface area contributed by atoms with Crippen LogP contribution in [-0.4, -0.2) is 34.6 Å². The van der Waals surface area contributed by atoms with Crippen molar-refractivity contribution in [2.24, 2.45) is 5.73 Å². The van der Waals surface area contributed by atoms with Crippen LogP contribution in [0.15, 0.2) is 22.7 Å². The summed E-state index contributed by atoms with van der Waals surface area (Å²) in [5.74, 6) is -1.02. The first-order valence-electron chi connectivity index (χ1n) is 6.09. The highest BCUT2D eigenvalue weighted by molar-refractivity contribution is 9.10. The van der Waals surface area contributed by atoms with Crippen molar-refractivity contribution >= 4 is 21.8 Å². The number of rotatable bonds is 3. The molecule has 1 heterocycles. The molecule has 1 saturated heterocycles. The minimum atomic E-state index is -1.50. The predicted octanol–water partition coefficient (Wildman–Crippen LogP) is 1.40. The fourth-order valence-corrected chi connectivity index (χ4v) is 2.68. The maximum absolute atomic E-state index is 13.7. The smallest absolute Gasteiger partial charge is 0.250 e. The number of piperidine rings is 1. The van der Waals surface area contributed by atoms with Crippen molar-refractivity contribution in [3.05, 3.63) is 34.1 Å². The number of carbonyl (C=O) groups excluding carboxylic acids is 1. The van der Waals surface area contributed by atoms with Crippen LogP contribution in [0.1, 0.15) is 18.4 Å². The third-order valence-electron chi connectivity index (χ3n) is 3.42. The quantitative estimate of drug-likeness (QED) is 0.880. The molecule has 6 heteroatoms. The molecular formula is C13H16BrFN2O2. The molecule has 1 amide bonds. The molecule has 3 N–H and O–H groups in total.